The number of carbonyl (C=O) groups is 1. The zero-order valence-corrected chi connectivity index (χ0v) is 13.5. The molecule has 1 aromatic rings. The number of benzene rings is 1. The fourth-order valence-corrected chi connectivity index (χ4v) is 2.43. The van der Waals surface area contributed by atoms with Gasteiger partial charge in [0, 0.05) is 23.4 Å². The molecule has 0 saturated carbocycles. The van der Waals surface area contributed by atoms with Crippen LogP contribution in [-0.4, -0.2) is 18.1 Å². The number of nitrogens with two attached hydrogens (primary N) is 1. The van der Waals surface area contributed by atoms with Gasteiger partial charge in [-0.05, 0) is 38.8 Å². The van der Waals surface area contributed by atoms with E-state index in [0.29, 0.717) is 24.4 Å². The first-order valence-electron chi connectivity index (χ1n) is 6.85. The Hall–Kier alpha value is -1.06. The zero-order chi connectivity index (χ0) is 15.4. The van der Waals surface area contributed by atoms with Gasteiger partial charge in [-0.25, -0.2) is 0 Å². The van der Waals surface area contributed by atoms with Crippen LogP contribution < -0.4 is 5.73 Å². The normalized spacial score (nSPS) is 14.7. The summed E-state index contributed by atoms with van der Waals surface area (Å²) in [5.74, 6) is -0.204. The molecule has 1 unspecified atom stereocenters. The van der Waals surface area contributed by atoms with E-state index in [1.54, 1.807) is 0 Å². The fourth-order valence-electron chi connectivity index (χ4n) is 2.07. The number of rotatable bonds is 5. The summed E-state index contributed by atoms with van der Waals surface area (Å²) in [4.78, 5) is 11.8. The minimum Gasteiger partial charge on any atom is -0.460 e. The molecule has 1 aromatic carbocycles. The van der Waals surface area contributed by atoms with Crippen molar-refractivity contribution in [1.82, 2.24) is 0 Å². The standard InChI is InChI=1S/C16H24ClNO2/c1-15(2,3)20-14(19)9-10-16(4,11-18)12-7-5-6-8-13(12)17/h5-8H,9-11,18H2,1-4H3. The first kappa shape index (κ1) is 17.0. The fraction of sp³-hybridized carbons (Fsp3) is 0.562. The maximum Gasteiger partial charge on any atom is 0.306 e. The van der Waals surface area contributed by atoms with Gasteiger partial charge in [-0.1, -0.05) is 36.7 Å². The molecule has 1 rings (SSSR count). The van der Waals surface area contributed by atoms with Crippen molar-refractivity contribution in [3.05, 3.63) is 34.9 Å². The summed E-state index contributed by atoms with van der Waals surface area (Å²) < 4.78 is 5.33. The Morgan fingerprint density at radius 1 is 1.25 bits per heavy atom. The maximum absolute atomic E-state index is 11.8. The average molecular weight is 298 g/mol. The molecule has 3 nitrogen and oxygen atoms in total. The molecule has 0 amide bonds. The molecular weight excluding hydrogens is 274 g/mol. The Morgan fingerprint density at radius 3 is 2.35 bits per heavy atom. The van der Waals surface area contributed by atoms with Crippen LogP contribution in [0.25, 0.3) is 0 Å². The number of esters is 1. The summed E-state index contributed by atoms with van der Waals surface area (Å²) in [7, 11) is 0. The molecule has 0 aromatic heterocycles. The van der Waals surface area contributed by atoms with E-state index in [0.717, 1.165) is 5.56 Å². The number of hydrogen-bond acceptors (Lipinski definition) is 3. The van der Waals surface area contributed by atoms with E-state index in [1.807, 2.05) is 52.0 Å². The molecule has 0 fully saturated rings. The minimum absolute atomic E-state index is 0.204. The Morgan fingerprint density at radius 2 is 1.85 bits per heavy atom. The van der Waals surface area contributed by atoms with Gasteiger partial charge in [0.15, 0.2) is 0 Å². The first-order chi connectivity index (χ1) is 9.18. The van der Waals surface area contributed by atoms with Crippen LogP contribution in [0.4, 0.5) is 0 Å². The van der Waals surface area contributed by atoms with E-state index in [2.05, 4.69) is 0 Å². The topological polar surface area (TPSA) is 52.3 Å². The van der Waals surface area contributed by atoms with E-state index in [9.17, 15) is 4.79 Å². The highest BCUT2D eigenvalue weighted by Crippen LogP contribution is 2.33. The molecule has 2 N–H and O–H groups in total. The predicted octanol–water partition coefficient (Wildman–Crippen LogP) is 3.68. The summed E-state index contributed by atoms with van der Waals surface area (Å²) in [6.07, 6.45) is 0.943. The van der Waals surface area contributed by atoms with Crippen LogP contribution in [0, 0.1) is 0 Å². The quantitative estimate of drug-likeness (QED) is 0.844. The second-order valence-corrected chi connectivity index (χ2v) is 6.74. The van der Waals surface area contributed by atoms with Crippen molar-refractivity contribution in [1.29, 1.82) is 0 Å². The van der Waals surface area contributed by atoms with Crippen LogP contribution in [0.3, 0.4) is 0 Å². The van der Waals surface area contributed by atoms with Crippen molar-refractivity contribution >= 4 is 17.6 Å². The van der Waals surface area contributed by atoms with E-state index in [4.69, 9.17) is 22.1 Å². The zero-order valence-electron chi connectivity index (χ0n) is 12.7. The van der Waals surface area contributed by atoms with Crippen molar-refractivity contribution in [2.24, 2.45) is 5.73 Å². The predicted molar refractivity (Wildman–Crippen MR) is 82.9 cm³/mol. The van der Waals surface area contributed by atoms with Crippen LogP contribution in [0.1, 0.15) is 46.1 Å². The van der Waals surface area contributed by atoms with E-state index in [-0.39, 0.29) is 11.4 Å². The number of ether oxygens (including phenoxy) is 1. The SMILES string of the molecule is CC(C)(C)OC(=O)CCC(C)(CN)c1ccccc1Cl. The molecule has 20 heavy (non-hydrogen) atoms. The lowest BCUT2D eigenvalue weighted by Crippen LogP contribution is -2.33. The number of hydrogen-bond donors (Lipinski definition) is 1. The molecule has 0 bridgehead atoms. The number of halogens is 1. The maximum atomic E-state index is 11.8. The smallest absolute Gasteiger partial charge is 0.306 e. The van der Waals surface area contributed by atoms with Gasteiger partial charge in [0.1, 0.15) is 5.60 Å². The van der Waals surface area contributed by atoms with E-state index >= 15 is 0 Å². The van der Waals surface area contributed by atoms with Gasteiger partial charge >= 0.3 is 5.97 Å². The molecule has 0 aliphatic rings. The molecule has 0 heterocycles. The van der Waals surface area contributed by atoms with Gasteiger partial charge in [-0.15, -0.1) is 0 Å². The molecule has 1 atom stereocenters. The van der Waals surface area contributed by atoms with Gasteiger partial charge in [0.25, 0.3) is 0 Å². The van der Waals surface area contributed by atoms with Crippen LogP contribution in [0.2, 0.25) is 5.02 Å². The third-order valence-electron chi connectivity index (χ3n) is 3.28. The molecule has 0 spiro atoms. The molecule has 0 saturated heterocycles. The molecule has 0 aliphatic carbocycles. The molecule has 112 valence electrons. The second-order valence-electron chi connectivity index (χ2n) is 6.33. The Kier molecular flexibility index (Phi) is 5.60. The molecule has 4 heteroatoms. The van der Waals surface area contributed by atoms with Gasteiger partial charge in [0.2, 0.25) is 0 Å². The van der Waals surface area contributed by atoms with Crippen LogP contribution in [0.5, 0.6) is 0 Å². The lowest BCUT2D eigenvalue weighted by Gasteiger charge is -2.30. The Balaban J connectivity index is 2.77. The minimum atomic E-state index is -0.458. The Bertz CT molecular complexity index is 468. The monoisotopic (exact) mass is 297 g/mol. The largest absolute Gasteiger partial charge is 0.460 e. The summed E-state index contributed by atoms with van der Waals surface area (Å²) in [6, 6.07) is 7.63. The summed E-state index contributed by atoms with van der Waals surface area (Å²) in [6.45, 7) is 8.04. The molecule has 0 aliphatic heterocycles. The highest BCUT2D eigenvalue weighted by Gasteiger charge is 2.29. The van der Waals surface area contributed by atoms with Crippen molar-refractivity contribution in [2.45, 2.75) is 51.6 Å². The third kappa shape index (κ3) is 4.80. The van der Waals surface area contributed by atoms with E-state index in [1.165, 1.54) is 0 Å². The van der Waals surface area contributed by atoms with Crippen LogP contribution in [0.15, 0.2) is 24.3 Å². The van der Waals surface area contributed by atoms with Crippen molar-refractivity contribution in [3.63, 3.8) is 0 Å². The van der Waals surface area contributed by atoms with Crippen LogP contribution in [-0.2, 0) is 14.9 Å². The van der Waals surface area contributed by atoms with Crippen molar-refractivity contribution in [2.75, 3.05) is 6.54 Å². The van der Waals surface area contributed by atoms with Crippen LogP contribution >= 0.6 is 11.6 Å². The lowest BCUT2D eigenvalue weighted by atomic mass is 9.78. The summed E-state index contributed by atoms with van der Waals surface area (Å²) in [5.41, 5.74) is 6.11. The number of carbonyl (C=O) groups excluding carboxylic acids is 1. The molecule has 0 radical (unpaired) electrons. The average Bonchev–Trinajstić information content (AvgIpc) is 2.34. The second kappa shape index (κ2) is 6.59. The highest BCUT2D eigenvalue weighted by atomic mass is 35.5. The highest BCUT2D eigenvalue weighted by molar-refractivity contribution is 6.31. The van der Waals surface area contributed by atoms with Gasteiger partial charge in [0.05, 0.1) is 0 Å². The summed E-state index contributed by atoms with van der Waals surface area (Å²) in [5, 5.41) is 0.685. The van der Waals surface area contributed by atoms with Gasteiger partial charge in [-0.3, -0.25) is 4.79 Å². The van der Waals surface area contributed by atoms with Crippen molar-refractivity contribution < 1.29 is 9.53 Å². The van der Waals surface area contributed by atoms with E-state index < -0.39 is 5.60 Å². The Labute approximate surface area is 126 Å². The third-order valence-corrected chi connectivity index (χ3v) is 3.61. The molecular formula is C16H24ClNO2. The lowest BCUT2D eigenvalue weighted by molar-refractivity contribution is -0.155. The van der Waals surface area contributed by atoms with Gasteiger partial charge < -0.3 is 10.5 Å². The first-order valence-corrected chi connectivity index (χ1v) is 7.23. The van der Waals surface area contributed by atoms with Crippen molar-refractivity contribution in [3.8, 4) is 0 Å². The van der Waals surface area contributed by atoms with Gasteiger partial charge in [-0.2, -0.15) is 0 Å². The summed E-state index contributed by atoms with van der Waals surface area (Å²) >= 11 is 6.24.